The van der Waals surface area contributed by atoms with Crippen molar-refractivity contribution in [1.82, 2.24) is 5.32 Å². The molecule has 1 heterocycles. The smallest absolute Gasteiger partial charge is 0.227 e. The largest absolute Gasteiger partial charge is 0.456 e. The van der Waals surface area contributed by atoms with Crippen LogP contribution in [0.1, 0.15) is 6.92 Å². The average Bonchev–Trinajstić information content (AvgIpc) is 2.49. The fourth-order valence-corrected chi connectivity index (χ4v) is 2.57. The zero-order chi connectivity index (χ0) is 16.2. The van der Waals surface area contributed by atoms with Crippen molar-refractivity contribution < 1.29 is 9.53 Å². The first-order chi connectivity index (χ1) is 11.1. The van der Waals surface area contributed by atoms with Gasteiger partial charge in [-0.15, -0.1) is 12.4 Å². The topological polar surface area (TPSA) is 50.4 Å². The van der Waals surface area contributed by atoms with Gasteiger partial charge in [-0.2, -0.15) is 0 Å². The molecule has 0 bridgehead atoms. The van der Waals surface area contributed by atoms with E-state index in [0.717, 1.165) is 18.8 Å². The Balaban J connectivity index is 0.00000208. The molecule has 24 heavy (non-hydrogen) atoms. The van der Waals surface area contributed by atoms with Crippen LogP contribution in [0.4, 0.5) is 5.69 Å². The summed E-state index contributed by atoms with van der Waals surface area (Å²) in [7, 11) is 0. The monoisotopic (exact) mass is 366 g/mol. The molecule has 1 aliphatic rings. The summed E-state index contributed by atoms with van der Waals surface area (Å²) in [5, 5.41) is 6.70. The number of carbonyl (C=O) groups is 1. The molecule has 2 aromatic rings. The van der Waals surface area contributed by atoms with E-state index in [1.54, 1.807) is 6.07 Å². The van der Waals surface area contributed by atoms with Crippen LogP contribution in [0.3, 0.4) is 0 Å². The maximum Gasteiger partial charge on any atom is 0.227 e. The molecule has 0 aliphatic carbocycles. The second-order valence-electron chi connectivity index (χ2n) is 5.75. The summed E-state index contributed by atoms with van der Waals surface area (Å²) in [5.41, 5.74) is 0.764. The molecule has 2 N–H and O–H groups in total. The highest BCUT2D eigenvalue weighted by molar-refractivity contribution is 6.32. The van der Waals surface area contributed by atoms with Gasteiger partial charge in [0, 0.05) is 11.6 Å². The Morgan fingerprint density at radius 1 is 1.21 bits per heavy atom. The summed E-state index contributed by atoms with van der Waals surface area (Å²) in [6, 6.07) is 14.6. The van der Waals surface area contributed by atoms with E-state index in [9.17, 15) is 4.79 Å². The maximum absolute atomic E-state index is 12.2. The number of hydrogen-bond acceptors (Lipinski definition) is 3. The van der Waals surface area contributed by atoms with Crippen molar-refractivity contribution in [2.24, 2.45) is 11.8 Å². The number of carbonyl (C=O) groups excluding carboxylic acids is 1. The average molecular weight is 367 g/mol. The Kier molecular flexibility index (Phi) is 6.49. The second kappa shape index (κ2) is 8.38. The summed E-state index contributed by atoms with van der Waals surface area (Å²) in [6.07, 6.45) is 0. The van der Waals surface area contributed by atoms with Crippen molar-refractivity contribution in [2.45, 2.75) is 6.92 Å². The van der Waals surface area contributed by atoms with E-state index >= 15 is 0 Å². The molecule has 1 amide bonds. The molecule has 0 saturated carbocycles. The number of hydrogen-bond donors (Lipinski definition) is 2. The molecule has 6 heteroatoms. The summed E-state index contributed by atoms with van der Waals surface area (Å²) in [6.45, 7) is 3.80. The van der Waals surface area contributed by atoms with Crippen LogP contribution in [0.15, 0.2) is 48.5 Å². The van der Waals surface area contributed by atoms with Crippen LogP contribution in [0.5, 0.6) is 11.5 Å². The molecular formula is C18H20Cl2N2O2. The Morgan fingerprint density at radius 3 is 2.46 bits per heavy atom. The minimum absolute atomic E-state index is 0. The number of nitrogens with one attached hydrogen (secondary N) is 2. The highest BCUT2D eigenvalue weighted by atomic mass is 35.5. The number of amides is 1. The van der Waals surface area contributed by atoms with Gasteiger partial charge in [-0.25, -0.2) is 0 Å². The van der Waals surface area contributed by atoms with Gasteiger partial charge in [0.2, 0.25) is 5.91 Å². The highest BCUT2D eigenvalue weighted by Gasteiger charge is 2.28. The molecule has 1 saturated heterocycles. The third-order valence-corrected chi connectivity index (χ3v) is 4.43. The Morgan fingerprint density at radius 2 is 1.88 bits per heavy atom. The summed E-state index contributed by atoms with van der Waals surface area (Å²) >= 11 is 6.07. The number of anilines is 1. The lowest BCUT2D eigenvalue weighted by molar-refractivity contribution is -0.121. The van der Waals surface area contributed by atoms with Crippen molar-refractivity contribution >= 4 is 35.6 Å². The predicted octanol–water partition coefficient (Wildman–Crippen LogP) is 4.35. The van der Waals surface area contributed by atoms with E-state index in [2.05, 4.69) is 10.6 Å². The molecule has 2 aromatic carbocycles. The minimum Gasteiger partial charge on any atom is -0.456 e. The van der Waals surface area contributed by atoms with Gasteiger partial charge in [-0.3, -0.25) is 4.79 Å². The van der Waals surface area contributed by atoms with Crippen molar-refractivity contribution in [2.75, 3.05) is 18.4 Å². The van der Waals surface area contributed by atoms with Crippen LogP contribution in [-0.4, -0.2) is 19.0 Å². The zero-order valence-electron chi connectivity index (χ0n) is 13.3. The third kappa shape index (κ3) is 4.41. The van der Waals surface area contributed by atoms with E-state index in [1.807, 2.05) is 49.4 Å². The first-order valence-electron chi connectivity index (χ1n) is 7.67. The first kappa shape index (κ1) is 18.6. The van der Waals surface area contributed by atoms with Crippen molar-refractivity contribution in [3.8, 4) is 11.5 Å². The molecule has 3 rings (SSSR count). The molecule has 0 aromatic heterocycles. The van der Waals surface area contributed by atoms with Crippen LogP contribution < -0.4 is 15.4 Å². The molecule has 0 spiro atoms. The number of para-hydroxylation sites is 1. The van der Waals surface area contributed by atoms with Crippen LogP contribution in [-0.2, 0) is 4.79 Å². The highest BCUT2D eigenvalue weighted by Crippen LogP contribution is 2.29. The molecule has 1 fully saturated rings. The lowest BCUT2D eigenvalue weighted by atomic mass is 9.88. The van der Waals surface area contributed by atoms with E-state index in [-0.39, 0.29) is 24.2 Å². The van der Waals surface area contributed by atoms with Crippen LogP contribution in [0.2, 0.25) is 5.02 Å². The van der Waals surface area contributed by atoms with Gasteiger partial charge in [0.1, 0.15) is 11.5 Å². The van der Waals surface area contributed by atoms with Gasteiger partial charge in [0.15, 0.2) is 0 Å². The van der Waals surface area contributed by atoms with Gasteiger partial charge in [-0.1, -0.05) is 30.7 Å². The quantitative estimate of drug-likeness (QED) is 0.826. The Labute approximate surface area is 153 Å². The minimum atomic E-state index is 0. The first-order valence-corrected chi connectivity index (χ1v) is 8.05. The molecule has 1 unspecified atom stereocenters. The second-order valence-corrected chi connectivity index (χ2v) is 6.16. The van der Waals surface area contributed by atoms with Crippen molar-refractivity contribution in [3.63, 3.8) is 0 Å². The predicted molar refractivity (Wildman–Crippen MR) is 99.4 cm³/mol. The Bertz CT molecular complexity index is 688. The van der Waals surface area contributed by atoms with E-state index in [4.69, 9.17) is 16.3 Å². The SMILES string of the molecule is CC(C(=O)Nc1ccc(Oc2ccccc2Cl)cc1)C1CNC1.Cl. The van der Waals surface area contributed by atoms with E-state index in [0.29, 0.717) is 22.4 Å². The zero-order valence-corrected chi connectivity index (χ0v) is 14.9. The molecule has 0 radical (unpaired) electrons. The van der Waals surface area contributed by atoms with Crippen LogP contribution in [0.25, 0.3) is 0 Å². The number of rotatable bonds is 5. The van der Waals surface area contributed by atoms with Crippen LogP contribution >= 0.6 is 24.0 Å². The molecular weight excluding hydrogens is 347 g/mol. The van der Waals surface area contributed by atoms with E-state index in [1.165, 1.54) is 0 Å². The standard InChI is InChI=1S/C18H19ClN2O2.ClH/c1-12(13-10-20-11-13)18(22)21-14-6-8-15(9-7-14)23-17-5-3-2-4-16(17)19;/h2-9,12-13,20H,10-11H2,1H3,(H,21,22);1H. The Hall–Kier alpha value is -1.75. The van der Waals surface area contributed by atoms with Gasteiger partial charge in [0.25, 0.3) is 0 Å². The van der Waals surface area contributed by atoms with Gasteiger partial charge < -0.3 is 15.4 Å². The molecule has 1 atom stereocenters. The summed E-state index contributed by atoms with van der Waals surface area (Å²) in [5.74, 6) is 1.77. The van der Waals surface area contributed by atoms with Crippen LogP contribution in [0, 0.1) is 11.8 Å². The lowest BCUT2D eigenvalue weighted by Crippen LogP contribution is -2.48. The summed E-state index contributed by atoms with van der Waals surface area (Å²) < 4.78 is 5.73. The third-order valence-electron chi connectivity index (χ3n) is 4.12. The van der Waals surface area contributed by atoms with Gasteiger partial charge >= 0.3 is 0 Å². The molecule has 128 valence electrons. The normalized spacial score (nSPS) is 14.9. The molecule has 1 aliphatic heterocycles. The fourth-order valence-electron chi connectivity index (χ4n) is 2.40. The van der Waals surface area contributed by atoms with Crippen molar-refractivity contribution in [1.29, 1.82) is 0 Å². The maximum atomic E-state index is 12.2. The lowest BCUT2D eigenvalue weighted by Gasteiger charge is -2.31. The number of halogens is 2. The van der Waals surface area contributed by atoms with Crippen molar-refractivity contribution in [3.05, 3.63) is 53.6 Å². The molecule has 4 nitrogen and oxygen atoms in total. The van der Waals surface area contributed by atoms with Gasteiger partial charge in [0.05, 0.1) is 5.02 Å². The number of ether oxygens (including phenoxy) is 1. The number of benzene rings is 2. The fraction of sp³-hybridized carbons (Fsp3) is 0.278. The summed E-state index contributed by atoms with van der Waals surface area (Å²) in [4.78, 5) is 12.2. The van der Waals surface area contributed by atoms with Gasteiger partial charge in [-0.05, 0) is 55.4 Å². The van der Waals surface area contributed by atoms with E-state index < -0.39 is 0 Å².